The van der Waals surface area contributed by atoms with Crippen molar-refractivity contribution in [1.82, 2.24) is 0 Å². The summed E-state index contributed by atoms with van der Waals surface area (Å²) in [4.78, 5) is 0. The second-order valence-corrected chi connectivity index (χ2v) is 6.40. The number of hydrogen-bond acceptors (Lipinski definition) is 2. The lowest BCUT2D eigenvalue weighted by molar-refractivity contribution is 0.631. The normalized spacial score (nSPS) is 27.7. The molecule has 2 nitrogen and oxygen atoms in total. The van der Waals surface area contributed by atoms with E-state index < -0.39 is 0 Å². The SMILES string of the molecule is N#CC(C#N)=C1CC[C@@]2(c3ccccc3)[C@@H]1[C@@H]2c1ccccc1. The van der Waals surface area contributed by atoms with Gasteiger partial charge in [-0.1, -0.05) is 60.7 Å². The van der Waals surface area contributed by atoms with Crippen LogP contribution in [0.15, 0.2) is 71.8 Å². The van der Waals surface area contributed by atoms with Crippen molar-refractivity contribution in [2.24, 2.45) is 5.92 Å². The zero-order chi connectivity index (χ0) is 15.9. The average Bonchev–Trinajstić information content (AvgIpc) is 3.15. The molecule has 0 saturated heterocycles. The third-order valence-electron chi connectivity index (χ3n) is 5.53. The molecule has 0 heterocycles. The van der Waals surface area contributed by atoms with Crippen molar-refractivity contribution >= 4 is 0 Å². The van der Waals surface area contributed by atoms with E-state index in [1.165, 1.54) is 11.1 Å². The van der Waals surface area contributed by atoms with Gasteiger partial charge in [0.2, 0.25) is 0 Å². The van der Waals surface area contributed by atoms with Crippen LogP contribution in [0.3, 0.4) is 0 Å². The molecule has 0 N–H and O–H groups in total. The van der Waals surface area contributed by atoms with E-state index >= 15 is 0 Å². The molecule has 2 aliphatic rings. The van der Waals surface area contributed by atoms with Gasteiger partial charge in [-0.3, -0.25) is 0 Å². The van der Waals surface area contributed by atoms with E-state index in [1.54, 1.807) is 0 Å². The van der Waals surface area contributed by atoms with Crippen LogP contribution in [0.2, 0.25) is 0 Å². The molecule has 2 aromatic carbocycles. The minimum atomic E-state index is 0.0664. The molecule has 4 rings (SSSR count). The molecule has 2 aromatic rings. The van der Waals surface area contributed by atoms with Crippen LogP contribution in [-0.2, 0) is 5.41 Å². The third kappa shape index (κ3) is 1.85. The number of rotatable bonds is 2. The molecular formula is C21H16N2. The fourth-order valence-corrected chi connectivity index (χ4v) is 4.61. The topological polar surface area (TPSA) is 47.6 Å². The molecule has 0 unspecified atom stereocenters. The zero-order valence-electron chi connectivity index (χ0n) is 12.7. The van der Waals surface area contributed by atoms with Gasteiger partial charge in [-0.25, -0.2) is 0 Å². The van der Waals surface area contributed by atoms with Gasteiger partial charge in [-0.05, 0) is 29.5 Å². The van der Waals surface area contributed by atoms with Gasteiger partial charge < -0.3 is 0 Å². The molecule has 2 saturated carbocycles. The molecule has 0 aliphatic heterocycles. The number of nitriles is 2. The first-order chi connectivity index (χ1) is 11.3. The first-order valence-corrected chi connectivity index (χ1v) is 7.96. The molecule has 3 atom stereocenters. The predicted molar refractivity (Wildman–Crippen MR) is 88.3 cm³/mol. The lowest BCUT2D eigenvalue weighted by Gasteiger charge is -2.16. The Morgan fingerprint density at radius 2 is 1.48 bits per heavy atom. The minimum absolute atomic E-state index is 0.0664. The maximum atomic E-state index is 9.30. The van der Waals surface area contributed by atoms with Crippen molar-refractivity contribution in [2.75, 3.05) is 0 Å². The Morgan fingerprint density at radius 3 is 2.09 bits per heavy atom. The molecule has 23 heavy (non-hydrogen) atoms. The molecule has 0 spiro atoms. The monoisotopic (exact) mass is 296 g/mol. The summed E-state index contributed by atoms with van der Waals surface area (Å²) in [5.74, 6) is 0.674. The molecular weight excluding hydrogens is 280 g/mol. The summed E-state index contributed by atoms with van der Waals surface area (Å²) in [6.45, 7) is 0. The van der Waals surface area contributed by atoms with E-state index in [0.29, 0.717) is 17.4 Å². The highest BCUT2D eigenvalue weighted by atomic mass is 14.7. The van der Waals surface area contributed by atoms with Crippen molar-refractivity contribution < 1.29 is 0 Å². The maximum absolute atomic E-state index is 9.30. The smallest absolute Gasteiger partial charge is 0.129 e. The Hall–Kier alpha value is -2.84. The second kappa shape index (κ2) is 5.11. The van der Waals surface area contributed by atoms with E-state index in [-0.39, 0.29) is 5.41 Å². The van der Waals surface area contributed by atoms with Crippen molar-refractivity contribution in [3.05, 3.63) is 82.9 Å². The Kier molecular flexibility index (Phi) is 3.07. The van der Waals surface area contributed by atoms with Crippen molar-refractivity contribution in [1.29, 1.82) is 10.5 Å². The molecule has 2 aliphatic carbocycles. The standard InChI is InChI=1S/C21H16N2/c22-13-16(14-23)18-11-12-21(17-9-5-2-6-10-17)19(20(18)21)15-7-3-1-4-8-15/h1-10,19-20H,11-12H2/t19-,20-,21-/m0/s1. The van der Waals surface area contributed by atoms with Crippen LogP contribution >= 0.6 is 0 Å². The van der Waals surface area contributed by atoms with E-state index in [1.807, 2.05) is 12.1 Å². The highest BCUT2D eigenvalue weighted by molar-refractivity contribution is 5.58. The Labute approximate surface area is 136 Å². The summed E-state index contributed by atoms with van der Waals surface area (Å²) >= 11 is 0. The van der Waals surface area contributed by atoms with Gasteiger partial charge in [0.1, 0.15) is 17.7 Å². The third-order valence-corrected chi connectivity index (χ3v) is 5.53. The second-order valence-electron chi connectivity index (χ2n) is 6.40. The molecule has 0 amide bonds. The summed E-state index contributed by atoms with van der Waals surface area (Å²) in [5.41, 5.74) is 4.11. The van der Waals surface area contributed by atoms with Gasteiger partial charge in [0.05, 0.1) is 0 Å². The quantitative estimate of drug-likeness (QED) is 0.767. The lowest BCUT2D eigenvalue weighted by Crippen LogP contribution is -2.08. The molecule has 110 valence electrons. The molecule has 2 fully saturated rings. The summed E-state index contributed by atoms with van der Waals surface area (Å²) in [6, 6.07) is 25.3. The number of benzene rings is 2. The van der Waals surface area contributed by atoms with Crippen LogP contribution in [0.5, 0.6) is 0 Å². The van der Waals surface area contributed by atoms with Crippen LogP contribution < -0.4 is 0 Å². The van der Waals surface area contributed by atoms with Crippen molar-refractivity contribution in [3.8, 4) is 12.1 Å². The minimum Gasteiger partial charge on any atom is -0.192 e. The summed E-state index contributed by atoms with van der Waals surface area (Å²) in [5, 5.41) is 18.6. The predicted octanol–water partition coefficient (Wildman–Crippen LogP) is 4.48. The highest BCUT2D eigenvalue weighted by Crippen LogP contribution is 2.75. The van der Waals surface area contributed by atoms with Crippen LogP contribution in [-0.4, -0.2) is 0 Å². The molecule has 0 bridgehead atoms. The molecule has 0 aromatic heterocycles. The summed E-state index contributed by atoms with van der Waals surface area (Å²) in [6.07, 6.45) is 1.88. The van der Waals surface area contributed by atoms with Gasteiger partial charge >= 0.3 is 0 Å². The Bertz CT molecular complexity index is 836. The number of nitrogens with zero attached hydrogens (tertiary/aromatic N) is 2. The van der Waals surface area contributed by atoms with Crippen molar-refractivity contribution in [3.63, 3.8) is 0 Å². The van der Waals surface area contributed by atoms with Gasteiger partial charge in [-0.2, -0.15) is 10.5 Å². The Balaban J connectivity index is 1.86. The highest BCUT2D eigenvalue weighted by Gasteiger charge is 2.70. The lowest BCUT2D eigenvalue weighted by atomic mass is 9.88. The summed E-state index contributed by atoms with van der Waals surface area (Å²) < 4.78 is 0. The van der Waals surface area contributed by atoms with Gasteiger partial charge in [-0.15, -0.1) is 0 Å². The van der Waals surface area contributed by atoms with E-state index in [4.69, 9.17) is 0 Å². The largest absolute Gasteiger partial charge is 0.192 e. The first-order valence-electron chi connectivity index (χ1n) is 7.96. The maximum Gasteiger partial charge on any atom is 0.129 e. The van der Waals surface area contributed by atoms with Crippen molar-refractivity contribution in [2.45, 2.75) is 24.2 Å². The van der Waals surface area contributed by atoms with Gasteiger partial charge in [0, 0.05) is 17.3 Å². The van der Waals surface area contributed by atoms with Gasteiger partial charge in [0.15, 0.2) is 0 Å². The zero-order valence-corrected chi connectivity index (χ0v) is 12.7. The molecule has 0 radical (unpaired) electrons. The Morgan fingerprint density at radius 1 is 0.870 bits per heavy atom. The van der Waals surface area contributed by atoms with Crippen LogP contribution in [0.25, 0.3) is 0 Å². The van der Waals surface area contributed by atoms with Gasteiger partial charge in [0.25, 0.3) is 0 Å². The fourth-order valence-electron chi connectivity index (χ4n) is 4.61. The average molecular weight is 296 g/mol. The molecule has 2 heteroatoms. The van der Waals surface area contributed by atoms with Crippen LogP contribution in [0.4, 0.5) is 0 Å². The first kappa shape index (κ1) is 13.8. The van der Waals surface area contributed by atoms with Crippen LogP contribution in [0, 0.1) is 28.6 Å². The van der Waals surface area contributed by atoms with Crippen LogP contribution in [0.1, 0.15) is 29.9 Å². The fraction of sp³-hybridized carbons (Fsp3) is 0.238. The number of allylic oxidation sites excluding steroid dienone is 2. The number of hydrogen-bond donors (Lipinski definition) is 0. The van der Waals surface area contributed by atoms with E-state index in [9.17, 15) is 10.5 Å². The van der Waals surface area contributed by atoms with E-state index in [2.05, 4.69) is 60.7 Å². The van der Waals surface area contributed by atoms with E-state index in [0.717, 1.165) is 18.4 Å². The number of fused-ring (bicyclic) bond motifs is 1. The summed E-state index contributed by atoms with van der Waals surface area (Å²) in [7, 11) is 0.